The number of hydrogen-bond acceptors (Lipinski definition) is 6. The van der Waals surface area contributed by atoms with Crippen molar-refractivity contribution in [1.29, 1.82) is 0 Å². The Morgan fingerprint density at radius 1 is 1.43 bits per heavy atom. The van der Waals surface area contributed by atoms with E-state index in [4.69, 9.17) is 0 Å². The molecule has 0 amide bonds. The summed E-state index contributed by atoms with van der Waals surface area (Å²) in [5.41, 5.74) is 1.49. The van der Waals surface area contributed by atoms with Crippen LogP contribution in [-0.4, -0.2) is 16.2 Å². The number of aryl methyl sites for hydroxylation is 2. The lowest BCUT2D eigenvalue weighted by Gasteiger charge is -2.14. The summed E-state index contributed by atoms with van der Waals surface area (Å²) in [4.78, 5) is 26.8. The number of thiazole rings is 1. The second-order valence-corrected chi connectivity index (χ2v) is 5.93. The molecule has 110 valence electrons. The van der Waals surface area contributed by atoms with Crippen molar-refractivity contribution in [2.24, 2.45) is 0 Å². The lowest BCUT2D eigenvalue weighted by molar-refractivity contribution is -0.384. The summed E-state index contributed by atoms with van der Waals surface area (Å²) in [6, 6.07) is 4.28. The number of anilines is 1. The van der Waals surface area contributed by atoms with Gasteiger partial charge in [0, 0.05) is 16.5 Å². The lowest BCUT2D eigenvalue weighted by atomic mass is 10.1. The molecule has 21 heavy (non-hydrogen) atoms. The molecule has 0 bridgehead atoms. The van der Waals surface area contributed by atoms with E-state index in [2.05, 4.69) is 10.3 Å². The van der Waals surface area contributed by atoms with Crippen molar-refractivity contribution < 1.29 is 9.72 Å². The first-order valence-electron chi connectivity index (χ1n) is 6.36. The van der Waals surface area contributed by atoms with E-state index in [-0.39, 0.29) is 17.3 Å². The van der Waals surface area contributed by atoms with E-state index in [1.807, 2.05) is 20.8 Å². The zero-order valence-electron chi connectivity index (χ0n) is 11.9. The second-order valence-electron chi connectivity index (χ2n) is 4.70. The Bertz CT molecular complexity index is 697. The molecule has 1 atom stereocenters. The van der Waals surface area contributed by atoms with Crippen molar-refractivity contribution in [2.75, 3.05) is 5.32 Å². The molecule has 1 heterocycles. The molecule has 0 aliphatic carbocycles. The first-order chi connectivity index (χ1) is 9.92. The molecule has 0 spiro atoms. The molecule has 0 saturated carbocycles. The Morgan fingerprint density at radius 3 is 2.67 bits per heavy atom. The third kappa shape index (κ3) is 3.25. The van der Waals surface area contributed by atoms with Crippen molar-refractivity contribution in [1.82, 2.24) is 4.98 Å². The number of carbonyl (C=O) groups excluding carboxylic acids is 1. The molecule has 1 N–H and O–H groups in total. The summed E-state index contributed by atoms with van der Waals surface area (Å²) in [6.45, 7) is 5.77. The fourth-order valence-electron chi connectivity index (χ4n) is 2.14. The largest absolute Gasteiger partial charge is 0.372 e. The summed E-state index contributed by atoms with van der Waals surface area (Å²) >= 11 is 1.56. The molecule has 7 heteroatoms. The summed E-state index contributed by atoms with van der Waals surface area (Å²) in [7, 11) is 0. The molecule has 1 aromatic heterocycles. The van der Waals surface area contributed by atoms with Gasteiger partial charge in [-0.15, -0.1) is 11.3 Å². The number of carbonyl (C=O) groups is 1. The molecule has 0 fully saturated rings. The lowest BCUT2D eigenvalue weighted by Crippen LogP contribution is -2.08. The number of aldehydes is 1. The van der Waals surface area contributed by atoms with Crippen LogP contribution in [0.25, 0.3) is 0 Å². The molecular formula is C14H15N3O3S. The van der Waals surface area contributed by atoms with Gasteiger partial charge in [0.15, 0.2) is 0 Å². The third-order valence-corrected chi connectivity index (χ3v) is 4.31. The second kappa shape index (κ2) is 6.01. The Morgan fingerprint density at radius 2 is 2.14 bits per heavy atom. The van der Waals surface area contributed by atoms with Crippen molar-refractivity contribution in [2.45, 2.75) is 26.8 Å². The van der Waals surface area contributed by atoms with Gasteiger partial charge in [0.1, 0.15) is 12.0 Å². The number of nitro benzene ring substituents is 1. The number of benzene rings is 1. The maximum absolute atomic E-state index is 11.1. The number of hydrogen-bond donors (Lipinski definition) is 1. The SMILES string of the molecule is Cc1nc(C)c(C(C)Nc2ccc(C=O)cc2[N+](=O)[O-])s1. The predicted octanol–water partition coefficient (Wildman–Crippen LogP) is 3.65. The number of nitrogens with one attached hydrogen (secondary N) is 1. The molecule has 1 unspecified atom stereocenters. The van der Waals surface area contributed by atoms with Gasteiger partial charge in [-0.1, -0.05) is 0 Å². The fraction of sp³-hybridized carbons (Fsp3) is 0.286. The molecule has 1 aromatic carbocycles. The predicted molar refractivity (Wildman–Crippen MR) is 82.1 cm³/mol. The third-order valence-electron chi connectivity index (χ3n) is 3.06. The molecule has 0 aliphatic rings. The highest BCUT2D eigenvalue weighted by atomic mass is 32.1. The highest BCUT2D eigenvalue weighted by Crippen LogP contribution is 2.32. The summed E-state index contributed by atoms with van der Waals surface area (Å²) < 4.78 is 0. The van der Waals surface area contributed by atoms with Crippen LogP contribution in [0.3, 0.4) is 0 Å². The quantitative estimate of drug-likeness (QED) is 0.517. The molecule has 6 nitrogen and oxygen atoms in total. The van der Waals surface area contributed by atoms with Crippen LogP contribution in [0.15, 0.2) is 18.2 Å². The Labute approximate surface area is 126 Å². The van der Waals surface area contributed by atoms with Gasteiger partial charge in [0.25, 0.3) is 5.69 Å². The molecule has 0 radical (unpaired) electrons. The molecule has 2 rings (SSSR count). The molecule has 0 saturated heterocycles. The standard InChI is InChI=1S/C14H15N3O3S/c1-8-14(21-10(3)15-8)9(2)16-12-5-4-11(7-18)6-13(12)17(19)20/h4-7,9,16H,1-3H3. The van der Waals surface area contributed by atoms with Crippen LogP contribution in [0.1, 0.15) is 38.9 Å². The van der Waals surface area contributed by atoms with E-state index in [1.165, 1.54) is 6.07 Å². The molecular weight excluding hydrogens is 290 g/mol. The van der Waals surface area contributed by atoms with Crippen LogP contribution in [0.2, 0.25) is 0 Å². The van der Waals surface area contributed by atoms with Gasteiger partial charge in [-0.3, -0.25) is 14.9 Å². The first-order valence-corrected chi connectivity index (χ1v) is 7.18. The van der Waals surface area contributed by atoms with Crippen molar-refractivity contribution in [3.05, 3.63) is 49.5 Å². The van der Waals surface area contributed by atoms with Crippen LogP contribution in [0.4, 0.5) is 11.4 Å². The van der Waals surface area contributed by atoms with Crippen LogP contribution < -0.4 is 5.32 Å². The van der Waals surface area contributed by atoms with Crippen LogP contribution in [0.5, 0.6) is 0 Å². The average molecular weight is 305 g/mol. The van der Waals surface area contributed by atoms with Crippen molar-refractivity contribution in [3.8, 4) is 0 Å². The minimum Gasteiger partial charge on any atom is -0.372 e. The number of nitrogens with zero attached hydrogens (tertiary/aromatic N) is 2. The number of nitro groups is 1. The summed E-state index contributed by atoms with van der Waals surface area (Å²) in [5, 5.41) is 15.2. The summed E-state index contributed by atoms with van der Waals surface area (Å²) in [5.74, 6) is 0. The van der Waals surface area contributed by atoms with E-state index < -0.39 is 4.92 Å². The number of rotatable bonds is 5. The number of aromatic nitrogens is 1. The Kier molecular flexibility index (Phi) is 4.32. The molecule has 2 aromatic rings. The van der Waals surface area contributed by atoms with Gasteiger partial charge >= 0.3 is 0 Å². The minimum absolute atomic E-state index is 0.100. The van der Waals surface area contributed by atoms with Gasteiger partial charge in [0.05, 0.1) is 21.7 Å². The van der Waals surface area contributed by atoms with Gasteiger partial charge in [-0.05, 0) is 32.9 Å². The normalized spacial score (nSPS) is 12.0. The highest BCUT2D eigenvalue weighted by molar-refractivity contribution is 7.11. The van der Waals surface area contributed by atoms with E-state index >= 15 is 0 Å². The monoisotopic (exact) mass is 305 g/mol. The minimum atomic E-state index is -0.493. The van der Waals surface area contributed by atoms with E-state index in [9.17, 15) is 14.9 Å². The van der Waals surface area contributed by atoms with Gasteiger partial charge in [-0.25, -0.2) is 4.98 Å². The highest BCUT2D eigenvalue weighted by Gasteiger charge is 2.19. The van der Waals surface area contributed by atoms with Crippen LogP contribution >= 0.6 is 11.3 Å². The zero-order chi connectivity index (χ0) is 15.6. The fourth-order valence-corrected chi connectivity index (χ4v) is 3.07. The van der Waals surface area contributed by atoms with Gasteiger partial charge in [-0.2, -0.15) is 0 Å². The van der Waals surface area contributed by atoms with E-state index in [0.29, 0.717) is 12.0 Å². The van der Waals surface area contributed by atoms with Crippen molar-refractivity contribution in [3.63, 3.8) is 0 Å². The first kappa shape index (κ1) is 15.1. The van der Waals surface area contributed by atoms with Crippen LogP contribution in [-0.2, 0) is 0 Å². The molecule has 0 aliphatic heterocycles. The van der Waals surface area contributed by atoms with Gasteiger partial charge < -0.3 is 5.32 Å². The van der Waals surface area contributed by atoms with E-state index in [1.54, 1.807) is 23.5 Å². The maximum Gasteiger partial charge on any atom is 0.293 e. The summed E-state index contributed by atoms with van der Waals surface area (Å²) in [6.07, 6.45) is 0.594. The van der Waals surface area contributed by atoms with Crippen molar-refractivity contribution >= 4 is 29.0 Å². The van der Waals surface area contributed by atoms with E-state index in [0.717, 1.165) is 15.6 Å². The van der Waals surface area contributed by atoms with Gasteiger partial charge in [0.2, 0.25) is 0 Å². The van der Waals surface area contributed by atoms with Crippen LogP contribution in [0, 0.1) is 24.0 Å². The Balaban J connectivity index is 2.32. The Hall–Kier alpha value is -2.28. The topological polar surface area (TPSA) is 85.1 Å². The average Bonchev–Trinajstić information content (AvgIpc) is 2.78. The maximum atomic E-state index is 11.1. The smallest absolute Gasteiger partial charge is 0.293 e. The zero-order valence-corrected chi connectivity index (χ0v) is 12.7.